The molecule has 6 heteroatoms. The normalized spacial score (nSPS) is 15.0. The lowest BCUT2D eigenvalue weighted by atomic mass is 10.1. The Hall–Kier alpha value is -3.17. The van der Waals surface area contributed by atoms with E-state index in [0.29, 0.717) is 11.5 Å². The van der Waals surface area contributed by atoms with Gasteiger partial charge in [-0.2, -0.15) is 0 Å². The van der Waals surface area contributed by atoms with Crippen molar-refractivity contribution in [2.75, 3.05) is 26.1 Å². The fourth-order valence-corrected chi connectivity index (χ4v) is 2.63. The van der Waals surface area contributed by atoms with Gasteiger partial charge < -0.3 is 20.5 Å². The number of methoxy groups -OCH3 is 2. The van der Waals surface area contributed by atoms with E-state index in [1.807, 2.05) is 42.5 Å². The van der Waals surface area contributed by atoms with Gasteiger partial charge in [0.15, 0.2) is 11.5 Å². The van der Waals surface area contributed by atoms with Crippen molar-refractivity contribution in [3.8, 4) is 23.5 Å². The third-order valence-corrected chi connectivity index (χ3v) is 3.81. The third-order valence-electron chi connectivity index (χ3n) is 3.81. The Morgan fingerprint density at radius 1 is 1.16 bits per heavy atom. The van der Waals surface area contributed by atoms with Crippen molar-refractivity contribution < 1.29 is 9.47 Å². The number of rotatable bonds is 4. The molecule has 0 radical (unpaired) electrons. The van der Waals surface area contributed by atoms with E-state index in [1.165, 1.54) is 0 Å². The van der Waals surface area contributed by atoms with Gasteiger partial charge in [-0.25, -0.2) is 4.99 Å². The molecule has 1 heterocycles. The molecular weight excluding hydrogens is 316 g/mol. The van der Waals surface area contributed by atoms with Gasteiger partial charge in [0.2, 0.25) is 0 Å². The maximum absolute atomic E-state index is 5.52. The average Bonchev–Trinajstić information content (AvgIpc) is 2.67. The minimum atomic E-state index is -0.228. The van der Waals surface area contributed by atoms with Crippen molar-refractivity contribution in [2.24, 2.45) is 10.7 Å². The highest BCUT2D eigenvalue weighted by Gasteiger charge is 2.26. The highest BCUT2D eigenvalue weighted by molar-refractivity contribution is 5.73. The number of anilines is 1. The van der Waals surface area contributed by atoms with Gasteiger partial charge in [-0.3, -0.25) is 4.90 Å². The Bertz CT molecular complexity index is 825. The number of nitrogens with one attached hydrogen (secondary N) is 1. The summed E-state index contributed by atoms with van der Waals surface area (Å²) in [6.07, 6.45) is 1.46. The van der Waals surface area contributed by atoms with Gasteiger partial charge in [0.1, 0.15) is 12.5 Å². The molecule has 0 amide bonds. The Morgan fingerprint density at radius 3 is 2.56 bits per heavy atom. The Labute approximate surface area is 147 Å². The van der Waals surface area contributed by atoms with Crippen LogP contribution in [0.2, 0.25) is 0 Å². The molecule has 1 aliphatic rings. The van der Waals surface area contributed by atoms with Gasteiger partial charge in [0, 0.05) is 23.4 Å². The van der Waals surface area contributed by atoms with Gasteiger partial charge in [-0.05, 0) is 18.2 Å². The maximum atomic E-state index is 5.52. The number of ether oxygens (including phenoxy) is 2. The lowest BCUT2D eigenvalue weighted by Crippen LogP contribution is -2.31. The van der Waals surface area contributed by atoms with Crippen molar-refractivity contribution >= 4 is 17.7 Å². The second kappa shape index (κ2) is 7.60. The van der Waals surface area contributed by atoms with Gasteiger partial charge in [-0.15, -0.1) is 0 Å². The molecule has 0 aromatic heterocycles. The SMILES string of the molecule is COc1cc2c(cc1OC)C(Nc1ccccc1)N(C#CCN)C=N2. The monoisotopic (exact) mass is 336 g/mol. The van der Waals surface area contributed by atoms with Crippen LogP contribution in [0.15, 0.2) is 47.5 Å². The molecule has 6 nitrogen and oxygen atoms in total. The van der Waals surface area contributed by atoms with Gasteiger partial charge in [0.25, 0.3) is 0 Å². The molecule has 0 bridgehead atoms. The summed E-state index contributed by atoms with van der Waals surface area (Å²) in [6.45, 7) is 0.279. The van der Waals surface area contributed by atoms with Crippen molar-refractivity contribution in [2.45, 2.75) is 6.17 Å². The number of hydrogen-bond donors (Lipinski definition) is 2. The van der Waals surface area contributed by atoms with E-state index >= 15 is 0 Å². The van der Waals surface area contributed by atoms with Crippen molar-refractivity contribution in [3.05, 3.63) is 48.0 Å². The predicted molar refractivity (Wildman–Crippen MR) is 99.2 cm³/mol. The number of aliphatic imine (C=N–C) groups is 1. The molecule has 25 heavy (non-hydrogen) atoms. The fraction of sp³-hybridized carbons (Fsp3) is 0.211. The Balaban J connectivity index is 2.05. The smallest absolute Gasteiger partial charge is 0.162 e. The molecular formula is C19H20N4O2. The minimum Gasteiger partial charge on any atom is -0.493 e. The first-order chi connectivity index (χ1) is 12.3. The van der Waals surface area contributed by atoms with Crippen molar-refractivity contribution in [1.29, 1.82) is 0 Å². The highest BCUT2D eigenvalue weighted by atomic mass is 16.5. The van der Waals surface area contributed by atoms with Crippen LogP contribution in [0.25, 0.3) is 0 Å². The Kier molecular flexibility index (Phi) is 5.07. The van der Waals surface area contributed by atoms with E-state index in [-0.39, 0.29) is 12.7 Å². The summed E-state index contributed by atoms with van der Waals surface area (Å²) >= 11 is 0. The number of hydrogen-bond acceptors (Lipinski definition) is 6. The van der Waals surface area contributed by atoms with Gasteiger partial charge >= 0.3 is 0 Å². The number of fused-ring (bicyclic) bond motifs is 1. The molecule has 2 aromatic carbocycles. The average molecular weight is 336 g/mol. The number of para-hydroxylation sites is 1. The van der Waals surface area contributed by atoms with E-state index in [2.05, 4.69) is 22.3 Å². The molecule has 1 atom stereocenters. The summed E-state index contributed by atoms with van der Waals surface area (Å²) < 4.78 is 10.8. The first-order valence-corrected chi connectivity index (χ1v) is 7.85. The molecule has 2 aromatic rings. The molecule has 3 rings (SSSR count). The standard InChI is InChI=1S/C19H20N4O2/c1-24-17-11-15-16(12-18(17)25-2)21-13-23(10-6-9-20)19(15)22-14-7-4-3-5-8-14/h3-5,7-8,11-13,19,22H,9,20H2,1-2H3. The lowest BCUT2D eigenvalue weighted by Gasteiger charge is -2.31. The van der Waals surface area contributed by atoms with Gasteiger partial charge in [-0.1, -0.05) is 24.1 Å². The zero-order valence-corrected chi connectivity index (χ0v) is 14.2. The molecule has 1 aliphatic heterocycles. The van der Waals surface area contributed by atoms with E-state index < -0.39 is 0 Å². The first kappa shape index (κ1) is 16.7. The van der Waals surface area contributed by atoms with Crippen molar-refractivity contribution in [3.63, 3.8) is 0 Å². The maximum Gasteiger partial charge on any atom is 0.162 e. The fourth-order valence-electron chi connectivity index (χ4n) is 2.63. The highest BCUT2D eigenvalue weighted by Crippen LogP contribution is 2.41. The molecule has 0 saturated carbocycles. The van der Waals surface area contributed by atoms with Crippen LogP contribution in [0.3, 0.4) is 0 Å². The first-order valence-electron chi connectivity index (χ1n) is 7.85. The zero-order valence-electron chi connectivity index (χ0n) is 14.2. The second-order valence-electron chi connectivity index (χ2n) is 5.32. The molecule has 0 fully saturated rings. The molecule has 0 spiro atoms. The van der Waals surface area contributed by atoms with E-state index in [4.69, 9.17) is 15.2 Å². The van der Waals surface area contributed by atoms with Crippen LogP contribution >= 0.6 is 0 Å². The second-order valence-corrected chi connectivity index (χ2v) is 5.32. The third kappa shape index (κ3) is 3.52. The summed E-state index contributed by atoms with van der Waals surface area (Å²) in [7, 11) is 3.22. The minimum absolute atomic E-state index is 0.228. The topological polar surface area (TPSA) is 72.1 Å². The molecule has 0 saturated heterocycles. The van der Waals surface area contributed by atoms with Crippen LogP contribution in [-0.4, -0.2) is 32.0 Å². The van der Waals surface area contributed by atoms with E-state index in [1.54, 1.807) is 25.5 Å². The number of nitrogens with two attached hydrogens (primary N) is 1. The zero-order chi connectivity index (χ0) is 17.6. The van der Waals surface area contributed by atoms with Crippen LogP contribution in [0.4, 0.5) is 11.4 Å². The number of nitrogens with zero attached hydrogens (tertiary/aromatic N) is 2. The van der Waals surface area contributed by atoms with Crippen LogP contribution in [0, 0.1) is 12.0 Å². The van der Waals surface area contributed by atoms with Crippen LogP contribution < -0.4 is 20.5 Å². The van der Waals surface area contributed by atoms with Crippen LogP contribution in [0.5, 0.6) is 11.5 Å². The molecule has 1 unspecified atom stereocenters. The summed E-state index contributed by atoms with van der Waals surface area (Å²) in [5.41, 5.74) is 8.24. The summed E-state index contributed by atoms with van der Waals surface area (Å²) in [5.74, 6) is 4.16. The molecule has 128 valence electrons. The predicted octanol–water partition coefficient (Wildman–Crippen LogP) is 2.71. The summed E-state index contributed by atoms with van der Waals surface area (Å²) in [5, 5.41) is 3.48. The largest absolute Gasteiger partial charge is 0.493 e. The van der Waals surface area contributed by atoms with E-state index in [9.17, 15) is 0 Å². The summed E-state index contributed by atoms with van der Waals surface area (Å²) in [4.78, 5) is 6.29. The lowest BCUT2D eigenvalue weighted by molar-refractivity contribution is 0.353. The van der Waals surface area contributed by atoms with Gasteiger partial charge in [0.05, 0.1) is 26.5 Å². The van der Waals surface area contributed by atoms with E-state index in [0.717, 1.165) is 16.9 Å². The number of benzene rings is 2. The van der Waals surface area contributed by atoms with Crippen molar-refractivity contribution in [1.82, 2.24) is 4.90 Å². The Morgan fingerprint density at radius 2 is 1.88 bits per heavy atom. The molecule has 3 N–H and O–H groups in total. The quantitative estimate of drug-likeness (QED) is 0.840. The molecule has 0 aliphatic carbocycles. The van der Waals surface area contributed by atoms with Crippen LogP contribution in [0.1, 0.15) is 11.7 Å². The summed E-state index contributed by atoms with van der Waals surface area (Å²) in [6, 6.07) is 16.7. The van der Waals surface area contributed by atoms with Crippen LogP contribution in [-0.2, 0) is 0 Å².